The normalized spacial score (nSPS) is 12.4. The molecule has 0 fully saturated rings. The molecule has 0 radical (unpaired) electrons. The highest BCUT2D eigenvalue weighted by atomic mass is 32.2. The van der Waals surface area contributed by atoms with Crippen molar-refractivity contribution >= 4 is 11.8 Å². The molecule has 2 rings (SSSR count). The maximum atomic E-state index is 6.27. The topological polar surface area (TPSA) is 26.0 Å². The molecule has 0 saturated heterocycles. The first-order chi connectivity index (χ1) is 8.20. The van der Waals surface area contributed by atoms with Crippen LogP contribution in [0.5, 0.6) is 0 Å². The Labute approximate surface area is 107 Å². The largest absolute Gasteiger partial charge is 0.320 e. The number of rotatable bonds is 3. The van der Waals surface area contributed by atoms with Gasteiger partial charge in [-0.05, 0) is 36.4 Å². The minimum Gasteiger partial charge on any atom is -0.320 e. The predicted molar refractivity (Wildman–Crippen MR) is 75.4 cm³/mol. The Balaban J connectivity index is 2.27. The van der Waals surface area contributed by atoms with E-state index in [-0.39, 0.29) is 6.04 Å². The van der Waals surface area contributed by atoms with Crippen molar-refractivity contribution in [3.8, 4) is 0 Å². The minimum atomic E-state index is -0.0363. The zero-order valence-corrected chi connectivity index (χ0v) is 11.0. The van der Waals surface area contributed by atoms with Gasteiger partial charge < -0.3 is 5.73 Å². The maximum absolute atomic E-state index is 6.27. The van der Waals surface area contributed by atoms with Gasteiger partial charge in [-0.2, -0.15) is 0 Å². The average molecular weight is 243 g/mol. The lowest BCUT2D eigenvalue weighted by Gasteiger charge is -2.13. The SMILES string of the molecule is CSc1ccc(C(N)c2cccc(C)c2)cc1. The summed E-state index contributed by atoms with van der Waals surface area (Å²) in [6, 6.07) is 16.8. The second-order valence-electron chi connectivity index (χ2n) is 4.16. The Hall–Kier alpha value is -1.25. The van der Waals surface area contributed by atoms with E-state index in [1.165, 1.54) is 16.0 Å². The summed E-state index contributed by atoms with van der Waals surface area (Å²) in [4.78, 5) is 1.27. The van der Waals surface area contributed by atoms with Crippen LogP contribution in [0.4, 0.5) is 0 Å². The van der Waals surface area contributed by atoms with Crippen LogP contribution in [0.1, 0.15) is 22.7 Å². The molecule has 1 unspecified atom stereocenters. The minimum absolute atomic E-state index is 0.0363. The lowest BCUT2D eigenvalue weighted by atomic mass is 9.98. The van der Waals surface area contributed by atoms with Crippen molar-refractivity contribution in [1.29, 1.82) is 0 Å². The van der Waals surface area contributed by atoms with E-state index in [1.807, 2.05) is 0 Å². The third-order valence-corrected chi connectivity index (χ3v) is 3.62. The number of nitrogens with two attached hydrogens (primary N) is 1. The first-order valence-corrected chi connectivity index (χ1v) is 6.89. The molecule has 2 aromatic carbocycles. The van der Waals surface area contributed by atoms with E-state index in [4.69, 9.17) is 5.73 Å². The van der Waals surface area contributed by atoms with Crippen LogP contribution in [0.3, 0.4) is 0 Å². The van der Waals surface area contributed by atoms with Crippen LogP contribution in [-0.2, 0) is 0 Å². The van der Waals surface area contributed by atoms with Gasteiger partial charge in [0.15, 0.2) is 0 Å². The predicted octanol–water partition coefficient (Wildman–Crippen LogP) is 3.77. The number of aryl methyl sites for hydroxylation is 1. The Morgan fingerprint density at radius 3 is 2.29 bits per heavy atom. The number of thioether (sulfide) groups is 1. The molecule has 1 atom stereocenters. The summed E-state index contributed by atoms with van der Waals surface area (Å²) in [5.74, 6) is 0. The standard InChI is InChI=1S/C15H17NS/c1-11-4-3-5-13(10-11)15(16)12-6-8-14(17-2)9-7-12/h3-10,15H,16H2,1-2H3. The molecular weight excluding hydrogens is 226 g/mol. The van der Waals surface area contributed by atoms with Crippen LogP contribution in [0, 0.1) is 6.92 Å². The van der Waals surface area contributed by atoms with Crippen LogP contribution in [0.15, 0.2) is 53.4 Å². The van der Waals surface area contributed by atoms with Gasteiger partial charge in [0, 0.05) is 4.90 Å². The van der Waals surface area contributed by atoms with E-state index in [0.717, 1.165) is 5.56 Å². The van der Waals surface area contributed by atoms with Gasteiger partial charge in [0.1, 0.15) is 0 Å². The zero-order valence-electron chi connectivity index (χ0n) is 10.2. The molecular formula is C15H17NS. The fourth-order valence-corrected chi connectivity index (χ4v) is 2.28. The molecule has 17 heavy (non-hydrogen) atoms. The Bertz CT molecular complexity index is 491. The molecule has 2 aromatic rings. The van der Waals surface area contributed by atoms with Crippen molar-refractivity contribution < 1.29 is 0 Å². The van der Waals surface area contributed by atoms with Crippen molar-refractivity contribution in [3.63, 3.8) is 0 Å². The molecule has 0 aliphatic heterocycles. The Morgan fingerprint density at radius 2 is 1.71 bits per heavy atom. The molecule has 1 nitrogen and oxygen atoms in total. The molecule has 0 amide bonds. The highest BCUT2D eigenvalue weighted by Crippen LogP contribution is 2.23. The van der Waals surface area contributed by atoms with Crippen LogP contribution in [0.2, 0.25) is 0 Å². The second-order valence-corrected chi connectivity index (χ2v) is 5.04. The average Bonchev–Trinajstić information content (AvgIpc) is 2.38. The lowest BCUT2D eigenvalue weighted by molar-refractivity contribution is 0.868. The smallest absolute Gasteiger partial charge is 0.0551 e. The first kappa shape index (κ1) is 12.2. The van der Waals surface area contributed by atoms with Gasteiger partial charge in [-0.1, -0.05) is 42.0 Å². The Morgan fingerprint density at radius 1 is 1.00 bits per heavy atom. The van der Waals surface area contributed by atoms with E-state index >= 15 is 0 Å². The molecule has 0 bridgehead atoms. The van der Waals surface area contributed by atoms with Crippen molar-refractivity contribution in [3.05, 3.63) is 65.2 Å². The lowest BCUT2D eigenvalue weighted by Crippen LogP contribution is -2.11. The van der Waals surface area contributed by atoms with Gasteiger partial charge in [0.2, 0.25) is 0 Å². The fourth-order valence-electron chi connectivity index (χ4n) is 1.87. The first-order valence-electron chi connectivity index (χ1n) is 5.67. The zero-order chi connectivity index (χ0) is 12.3. The van der Waals surface area contributed by atoms with E-state index in [2.05, 4.69) is 61.7 Å². The van der Waals surface area contributed by atoms with Gasteiger partial charge in [-0.15, -0.1) is 11.8 Å². The quantitative estimate of drug-likeness (QED) is 0.831. The molecule has 0 spiro atoms. The van der Waals surface area contributed by atoms with Gasteiger partial charge in [0.25, 0.3) is 0 Å². The molecule has 0 saturated carbocycles. The molecule has 2 heteroatoms. The van der Waals surface area contributed by atoms with Crippen LogP contribution < -0.4 is 5.73 Å². The van der Waals surface area contributed by atoms with E-state index in [9.17, 15) is 0 Å². The number of hydrogen-bond acceptors (Lipinski definition) is 2. The number of benzene rings is 2. The summed E-state index contributed by atoms with van der Waals surface area (Å²) in [6.07, 6.45) is 2.08. The summed E-state index contributed by atoms with van der Waals surface area (Å²) in [7, 11) is 0. The van der Waals surface area contributed by atoms with Crippen molar-refractivity contribution in [2.75, 3.05) is 6.26 Å². The fraction of sp³-hybridized carbons (Fsp3) is 0.200. The van der Waals surface area contributed by atoms with E-state index < -0.39 is 0 Å². The number of hydrogen-bond donors (Lipinski definition) is 1. The summed E-state index contributed by atoms with van der Waals surface area (Å²) < 4.78 is 0. The van der Waals surface area contributed by atoms with Gasteiger partial charge >= 0.3 is 0 Å². The molecule has 0 heterocycles. The molecule has 88 valence electrons. The van der Waals surface area contributed by atoms with Crippen LogP contribution in [0.25, 0.3) is 0 Å². The molecule has 0 aliphatic rings. The van der Waals surface area contributed by atoms with Crippen molar-refractivity contribution in [2.45, 2.75) is 17.9 Å². The second kappa shape index (κ2) is 5.39. The molecule has 2 N–H and O–H groups in total. The third-order valence-electron chi connectivity index (χ3n) is 2.88. The highest BCUT2D eigenvalue weighted by molar-refractivity contribution is 7.98. The van der Waals surface area contributed by atoms with Gasteiger partial charge in [-0.25, -0.2) is 0 Å². The van der Waals surface area contributed by atoms with Gasteiger partial charge in [0.05, 0.1) is 6.04 Å². The van der Waals surface area contributed by atoms with E-state index in [1.54, 1.807) is 11.8 Å². The third kappa shape index (κ3) is 2.90. The molecule has 0 aromatic heterocycles. The van der Waals surface area contributed by atoms with E-state index in [0.29, 0.717) is 0 Å². The van der Waals surface area contributed by atoms with Crippen molar-refractivity contribution in [1.82, 2.24) is 0 Å². The monoisotopic (exact) mass is 243 g/mol. The maximum Gasteiger partial charge on any atom is 0.0551 e. The summed E-state index contributed by atoms with van der Waals surface area (Å²) in [5.41, 5.74) is 9.85. The van der Waals surface area contributed by atoms with Crippen molar-refractivity contribution in [2.24, 2.45) is 5.73 Å². The van der Waals surface area contributed by atoms with Crippen LogP contribution in [-0.4, -0.2) is 6.26 Å². The van der Waals surface area contributed by atoms with Gasteiger partial charge in [-0.3, -0.25) is 0 Å². The van der Waals surface area contributed by atoms with Crippen LogP contribution >= 0.6 is 11.8 Å². The highest BCUT2D eigenvalue weighted by Gasteiger charge is 2.08. The molecule has 0 aliphatic carbocycles. The summed E-state index contributed by atoms with van der Waals surface area (Å²) in [6.45, 7) is 2.09. The Kier molecular flexibility index (Phi) is 3.87. The summed E-state index contributed by atoms with van der Waals surface area (Å²) >= 11 is 1.75. The summed E-state index contributed by atoms with van der Waals surface area (Å²) in [5, 5.41) is 0.